The van der Waals surface area contributed by atoms with Crippen LogP contribution in [0.25, 0.3) is 6.08 Å². The zero-order valence-electron chi connectivity index (χ0n) is 11.8. The molecule has 2 rings (SSSR count). The number of methoxy groups -OCH3 is 3. The molecule has 0 bridgehead atoms. The average Bonchev–Trinajstić information content (AvgIpc) is 2.52. The van der Waals surface area contributed by atoms with Gasteiger partial charge in [0.05, 0.1) is 21.3 Å². The lowest BCUT2D eigenvalue weighted by Gasteiger charge is -2.13. The maximum absolute atomic E-state index is 5.34. The number of allylic oxidation sites excluding steroid dienone is 3. The zero-order valence-corrected chi connectivity index (χ0v) is 12.6. The lowest BCUT2D eigenvalue weighted by atomic mass is 10.1. The Hall–Kier alpha value is -1.94. The molecular formula is C16H18O3S. The molecule has 1 atom stereocenters. The summed E-state index contributed by atoms with van der Waals surface area (Å²) in [7, 11) is 6.54. The van der Waals surface area contributed by atoms with Gasteiger partial charge in [0.1, 0.15) is 0 Å². The molecule has 0 radical (unpaired) electrons. The molecule has 0 aromatic heterocycles. The predicted molar refractivity (Wildman–Crippen MR) is 87.5 cm³/mol. The second-order valence-corrected chi connectivity index (χ2v) is 5.00. The second kappa shape index (κ2) is 7.01. The molecule has 0 spiro atoms. The number of hydrogen-bond acceptors (Lipinski definition) is 3. The van der Waals surface area contributed by atoms with E-state index in [9.17, 15) is 0 Å². The van der Waals surface area contributed by atoms with E-state index in [2.05, 4.69) is 35.0 Å². The van der Waals surface area contributed by atoms with Crippen LogP contribution in [0.3, 0.4) is 0 Å². The normalized spacial score (nSPS) is 17.1. The van der Waals surface area contributed by atoms with Crippen LogP contribution in [0.2, 0.25) is 0 Å². The summed E-state index contributed by atoms with van der Waals surface area (Å²) in [6.07, 6.45) is 8.40. The zero-order chi connectivity index (χ0) is 14.4. The third kappa shape index (κ3) is 3.33. The molecule has 1 aliphatic rings. The van der Waals surface area contributed by atoms with E-state index in [1.807, 2.05) is 12.1 Å². The summed E-state index contributed by atoms with van der Waals surface area (Å²) in [5, 5.41) is 4.23. The Balaban J connectivity index is 2.30. The Labute approximate surface area is 123 Å². The fourth-order valence-electron chi connectivity index (χ4n) is 1.93. The van der Waals surface area contributed by atoms with Crippen molar-refractivity contribution < 1.29 is 14.2 Å². The maximum atomic E-state index is 5.34. The Morgan fingerprint density at radius 1 is 1.05 bits per heavy atom. The van der Waals surface area contributed by atoms with E-state index in [0.717, 1.165) is 5.56 Å². The number of benzene rings is 1. The average molecular weight is 290 g/mol. The van der Waals surface area contributed by atoms with E-state index in [1.165, 1.54) is 0 Å². The van der Waals surface area contributed by atoms with Crippen molar-refractivity contribution in [3.63, 3.8) is 0 Å². The van der Waals surface area contributed by atoms with Gasteiger partial charge in [-0.2, -0.15) is 10.9 Å². The van der Waals surface area contributed by atoms with Gasteiger partial charge in [-0.15, -0.1) is 0 Å². The molecule has 0 saturated carbocycles. The first-order chi connectivity index (χ1) is 9.78. The van der Waals surface area contributed by atoms with Crippen LogP contribution in [0.15, 0.2) is 30.4 Å². The van der Waals surface area contributed by atoms with Crippen molar-refractivity contribution in [3.8, 4) is 17.2 Å². The van der Waals surface area contributed by atoms with Crippen LogP contribution in [0.1, 0.15) is 5.56 Å². The van der Waals surface area contributed by atoms with E-state index < -0.39 is 0 Å². The third-order valence-corrected chi connectivity index (χ3v) is 3.71. The molecule has 0 amide bonds. The van der Waals surface area contributed by atoms with Crippen LogP contribution in [0, 0.1) is 5.92 Å². The monoisotopic (exact) mass is 290 g/mol. The highest BCUT2D eigenvalue weighted by atomic mass is 32.1. The predicted octanol–water partition coefficient (Wildman–Crippen LogP) is 3.25. The van der Waals surface area contributed by atoms with Crippen molar-refractivity contribution in [2.75, 3.05) is 21.3 Å². The molecule has 20 heavy (non-hydrogen) atoms. The minimum Gasteiger partial charge on any atom is -0.493 e. The van der Waals surface area contributed by atoms with E-state index in [-0.39, 0.29) is 0 Å². The summed E-state index contributed by atoms with van der Waals surface area (Å²) < 4.78 is 16.0. The summed E-state index contributed by atoms with van der Waals surface area (Å²) in [6, 6.07) is 3.87. The van der Waals surface area contributed by atoms with Gasteiger partial charge in [0.25, 0.3) is 0 Å². The fraction of sp³-hybridized carbons (Fsp3) is 0.250. The van der Waals surface area contributed by atoms with Crippen LogP contribution in [-0.4, -0.2) is 32.1 Å². The molecule has 0 aliphatic carbocycles. The molecule has 1 unspecified atom stereocenters. The first kappa shape index (κ1) is 14.5. The van der Waals surface area contributed by atoms with Crippen LogP contribution in [-0.2, 0) is 0 Å². The van der Waals surface area contributed by atoms with Crippen LogP contribution in [0.4, 0.5) is 0 Å². The summed E-state index contributed by atoms with van der Waals surface area (Å²) in [5.74, 6) is 2.28. The molecule has 0 fully saturated rings. The van der Waals surface area contributed by atoms with Crippen LogP contribution >= 0.6 is 10.9 Å². The molecule has 1 aromatic carbocycles. The Morgan fingerprint density at radius 2 is 1.75 bits per heavy atom. The Bertz CT molecular complexity index is 571. The molecule has 106 valence electrons. The van der Waals surface area contributed by atoms with Crippen molar-refractivity contribution in [1.82, 2.24) is 0 Å². The third-order valence-electron chi connectivity index (χ3n) is 2.92. The van der Waals surface area contributed by atoms with Gasteiger partial charge in [-0.25, -0.2) is 0 Å². The molecule has 1 aliphatic heterocycles. The SMILES string of the molecule is COc1cc(/C=C\C2C=CC=S=C2)cc(OC)c1OC. The lowest BCUT2D eigenvalue weighted by Crippen LogP contribution is -1.96. The minimum atomic E-state index is 0.337. The van der Waals surface area contributed by atoms with Crippen LogP contribution < -0.4 is 14.2 Å². The molecule has 0 saturated heterocycles. The molecule has 1 aromatic rings. The minimum absolute atomic E-state index is 0.337. The van der Waals surface area contributed by atoms with Gasteiger partial charge in [-0.05, 0) is 28.4 Å². The highest BCUT2D eigenvalue weighted by Gasteiger charge is 2.12. The summed E-state index contributed by atoms with van der Waals surface area (Å²) in [4.78, 5) is 0. The molecule has 3 nitrogen and oxygen atoms in total. The fourth-order valence-corrected chi connectivity index (χ4v) is 2.56. The van der Waals surface area contributed by atoms with E-state index >= 15 is 0 Å². The van der Waals surface area contributed by atoms with Crippen molar-refractivity contribution >= 4 is 27.8 Å². The smallest absolute Gasteiger partial charge is 0.203 e. The standard InChI is InChI=1S/C16H18O3S/c1-17-14-9-13(10-15(18-2)16(14)19-3)7-6-12-5-4-8-20-11-12/h4-12H,1-3H3/b7-6-. The van der Waals surface area contributed by atoms with Crippen molar-refractivity contribution in [3.05, 3.63) is 35.9 Å². The Kier molecular flexibility index (Phi) is 5.07. The van der Waals surface area contributed by atoms with Gasteiger partial charge < -0.3 is 14.2 Å². The van der Waals surface area contributed by atoms with E-state index in [4.69, 9.17) is 14.2 Å². The largest absolute Gasteiger partial charge is 0.493 e. The van der Waals surface area contributed by atoms with Crippen molar-refractivity contribution in [2.24, 2.45) is 5.92 Å². The van der Waals surface area contributed by atoms with Gasteiger partial charge in [-0.3, -0.25) is 0 Å². The van der Waals surface area contributed by atoms with Gasteiger partial charge >= 0.3 is 0 Å². The molecule has 0 N–H and O–H groups in total. The topological polar surface area (TPSA) is 27.7 Å². The first-order valence-corrected chi connectivity index (χ1v) is 7.19. The van der Waals surface area contributed by atoms with Crippen molar-refractivity contribution in [1.29, 1.82) is 0 Å². The lowest BCUT2D eigenvalue weighted by molar-refractivity contribution is 0.324. The highest BCUT2D eigenvalue weighted by Crippen LogP contribution is 2.38. The van der Waals surface area contributed by atoms with Gasteiger partial charge in [0.2, 0.25) is 5.75 Å². The second-order valence-electron chi connectivity index (χ2n) is 4.19. The summed E-state index contributed by atoms with van der Waals surface area (Å²) in [6.45, 7) is 0. The number of ether oxygens (including phenoxy) is 3. The summed E-state index contributed by atoms with van der Waals surface area (Å²) >= 11 is 0. The van der Waals surface area contributed by atoms with Crippen molar-refractivity contribution in [2.45, 2.75) is 0 Å². The first-order valence-electron chi connectivity index (χ1n) is 6.25. The van der Waals surface area contributed by atoms with Gasteiger partial charge in [0, 0.05) is 5.92 Å². The number of rotatable bonds is 5. The van der Waals surface area contributed by atoms with E-state index in [1.54, 1.807) is 32.3 Å². The summed E-state index contributed by atoms with van der Waals surface area (Å²) in [5.41, 5.74) is 1.01. The van der Waals surface area contributed by atoms with E-state index in [0.29, 0.717) is 23.2 Å². The molecule has 4 heteroatoms. The van der Waals surface area contributed by atoms with Gasteiger partial charge in [-0.1, -0.05) is 24.3 Å². The Morgan fingerprint density at radius 3 is 2.25 bits per heavy atom. The molecular weight excluding hydrogens is 272 g/mol. The van der Waals surface area contributed by atoms with Gasteiger partial charge in [0.15, 0.2) is 11.5 Å². The molecule has 1 heterocycles. The number of hydrogen-bond donors (Lipinski definition) is 0. The van der Waals surface area contributed by atoms with Crippen LogP contribution in [0.5, 0.6) is 17.2 Å². The quantitative estimate of drug-likeness (QED) is 0.779. The highest BCUT2D eigenvalue weighted by molar-refractivity contribution is 7.96. The maximum Gasteiger partial charge on any atom is 0.203 e.